The topological polar surface area (TPSA) is 46.5 Å². The maximum absolute atomic E-state index is 13.7. The highest BCUT2D eigenvalue weighted by atomic mass is 79.9. The van der Waals surface area contributed by atoms with Crippen molar-refractivity contribution in [1.29, 1.82) is 0 Å². The fourth-order valence-corrected chi connectivity index (χ4v) is 1.96. The standard InChI is InChI=1S/C14H10BrFO3/c1-8-3-2-4-10(14(17)18)13(8)19-12-6-5-9(15)7-11(12)16/h2-7H,1H3,(H,17,18). The number of benzene rings is 2. The number of carbonyl (C=O) groups is 1. The monoisotopic (exact) mass is 324 g/mol. The van der Waals surface area contributed by atoms with Crippen LogP contribution in [0.25, 0.3) is 0 Å². The first-order valence-corrected chi connectivity index (χ1v) is 6.24. The predicted octanol–water partition coefficient (Wildman–Crippen LogP) is 4.39. The van der Waals surface area contributed by atoms with Gasteiger partial charge < -0.3 is 9.84 Å². The van der Waals surface area contributed by atoms with Crippen molar-refractivity contribution in [2.45, 2.75) is 6.92 Å². The summed E-state index contributed by atoms with van der Waals surface area (Å²) in [5, 5.41) is 9.10. The van der Waals surface area contributed by atoms with Gasteiger partial charge in [0, 0.05) is 4.47 Å². The van der Waals surface area contributed by atoms with E-state index in [1.165, 1.54) is 18.2 Å². The number of para-hydroxylation sites is 1. The molecule has 0 radical (unpaired) electrons. The van der Waals surface area contributed by atoms with E-state index in [1.54, 1.807) is 25.1 Å². The van der Waals surface area contributed by atoms with Gasteiger partial charge in [-0.1, -0.05) is 28.1 Å². The molecule has 19 heavy (non-hydrogen) atoms. The lowest BCUT2D eigenvalue weighted by Gasteiger charge is -2.12. The summed E-state index contributed by atoms with van der Waals surface area (Å²) in [5.74, 6) is -1.54. The molecule has 3 nitrogen and oxygen atoms in total. The van der Waals surface area contributed by atoms with E-state index >= 15 is 0 Å². The van der Waals surface area contributed by atoms with Crippen LogP contribution in [-0.2, 0) is 0 Å². The average Bonchev–Trinajstić information content (AvgIpc) is 2.34. The second-order valence-corrected chi connectivity index (χ2v) is 4.85. The van der Waals surface area contributed by atoms with E-state index in [-0.39, 0.29) is 17.1 Å². The van der Waals surface area contributed by atoms with Gasteiger partial charge in [-0.2, -0.15) is 0 Å². The summed E-state index contributed by atoms with van der Waals surface area (Å²) >= 11 is 3.14. The third kappa shape index (κ3) is 2.93. The van der Waals surface area contributed by atoms with E-state index < -0.39 is 11.8 Å². The van der Waals surface area contributed by atoms with Crippen LogP contribution in [0, 0.1) is 12.7 Å². The Morgan fingerprint density at radius 2 is 2.05 bits per heavy atom. The van der Waals surface area contributed by atoms with Gasteiger partial charge in [0.05, 0.1) is 0 Å². The lowest BCUT2D eigenvalue weighted by molar-refractivity contribution is 0.0694. The van der Waals surface area contributed by atoms with Crippen LogP contribution in [0.2, 0.25) is 0 Å². The average molecular weight is 325 g/mol. The maximum Gasteiger partial charge on any atom is 0.339 e. The van der Waals surface area contributed by atoms with Gasteiger partial charge in [0.15, 0.2) is 11.6 Å². The summed E-state index contributed by atoms with van der Waals surface area (Å²) in [5.41, 5.74) is 0.629. The molecule has 0 fully saturated rings. The number of hydrogen-bond donors (Lipinski definition) is 1. The predicted molar refractivity (Wildman–Crippen MR) is 72.3 cm³/mol. The SMILES string of the molecule is Cc1cccc(C(=O)O)c1Oc1ccc(Br)cc1F. The van der Waals surface area contributed by atoms with Crippen molar-refractivity contribution in [3.63, 3.8) is 0 Å². The molecule has 0 aliphatic rings. The molecular weight excluding hydrogens is 315 g/mol. The molecule has 5 heteroatoms. The highest BCUT2D eigenvalue weighted by molar-refractivity contribution is 9.10. The quantitative estimate of drug-likeness (QED) is 0.910. The number of rotatable bonds is 3. The molecule has 0 atom stereocenters. The third-order valence-electron chi connectivity index (χ3n) is 2.55. The zero-order chi connectivity index (χ0) is 14.0. The lowest BCUT2D eigenvalue weighted by Crippen LogP contribution is -2.02. The number of aromatic carboxylic acids is 1. The van der Waals surface area contributed by atoms with Gasteiger partial charge in [-0.15, -0.1) is 0 Å². The summed E-state index contributed by atoms with van der Waals surface area (Å²) in [6.45, 7) is 1.71. The van der Waals surface area contributed by atoms with Crippen molar-refractivity contribution >= 4 is 21.9 Å². The van der Waals surface area contributed by atoms with E-state index in [1.807, 2.05) is 0 Å². The molecule has 0 amide bonds. The molecule has 2 aromatic rings. The second-order valence-electron chi connectivity index (χ2n) is 3.93. The van der Waals surface area contributed by atoms with E-state index in [0.29, 0.717) is 10.0 Å². The Bertz CT molecular complexity index is 641. The highest BCUT2D eigenvalue weighted by Gasteiger charge is 2.15. The molecule has 2 aromatic carbocycles. The smallest absolute Gasteiger partial charge is 0.339 e. The Morgan fingerprint density at radius 1 is 1.32 bits per heavy atom. The summed E-state index contributed by atoms with van der Waals surface area (Å²) in [4.78, 5) is 11.1. The summed E-state index contributed by atoms with van der Waals surface area (Å²) in [7, 11) is 0. The van der Waals surface area contributed by atoms with Crippen LogP contribution < -0.4 is 4.74 Å². The molecule has 98 valence electrons. The number of carboxylic acids is 1. The van der Waals surface area contributed by atoms with Crippen LogP contribution >= 0.6 is 15.9 Å². The van der Waals surface area contributed by atoms with Gasteiger partial charge in [-0.25, -0.2) is 9.18 Å². The van der Waals surface area contributed by atoms with Crippen LogP contribution in [0.15, 0.2) is 40.9 Å². The van der Waals surface area contributed by atoms with Crippen molar-refractivity contribution in [3.05, 3.63) is 57.8 Å². The van der Waals surface area contributed by atoms with Gasteiger partial charge in [-0.3, -0.25) is 0 Å². The molecule has 0 aliphatic heterocycles. The Hall–Kier alpha value is -1.88. The summed E-state index contributed by atoms with van der Waals surface area (Å²) < 4.78 is 19.7. The van der Waals surface area contributed by atoms with E-state index in [2.05, 4.69) is 15.9 Å². The molecule has 0 aliphatic carbocycles. The van der Waals surface area contributed by atoms with Crippen LogP contribution in [0.3, 0.4) is 0 Å². The largest absolute Gasteiger partial charge is 0.478 e. The fraction of sp³-hybridized carbons (Fsp3) is 0.0714. The molecule has 0 heterocycles. The van der Waals surface area contributed by atoms with Crippen molar-refractivity contribution in [3.8, 4) is 11.5 Å². The van der Waals surface area contributed by atoms with Gasteiger partial charge in [0.1, 0.15) is 11.3 Å². The lowest BCUT2D eigenvalue weighted by atomic mass is 10.1. The minimum Gasteiger partial charge on any atom is -0.478 e. The highest BCUT2D eigenvalue weighted by Crippen LogP contribution is 2.31. The molecule has 0 spiro atoms. The molecular formula is C14H10BrFO3. The number of aryl methyl sites for hydroxylation is 1. The molecule has 0 saturated carbocycles. The van der Waals surface area contributed by atoms with Gasteiger partial charge in [-0.05, 0) is 36.8 Å². The maximum atomic E-state index is 13.7. The van der Waals surface area contributed by atoms with E-state index in [9.17, 15) is 9.18 Å². The molecule has 0 aromatic heterocycles. The Balaban J connectivity index is 2.46. The first-order valence-electron chi connectivity index (χ1n) is 5.45. The molecule has 1 N–H and O–H groups in total. The third-order valence-corrected chi connectivity index (χ3v) is 3.04. The number of halogens is 2. The van der Waals surface area contributed by atoms with Gasteiger partial charge in [0.2, 0.25) is 0 Å². The normalized spacial score (nSPS) is 10.3. The Morgan fingerprint density at radius 3 is 2.68 bits per heavy atom. The van der Waals surface area contributed by atoms with Crippen LogP contribution in [0.5, 0.6) is 11.5 Å². The number of carboxylic acid groups (broad SMARTS) is 1. The Labute approximate surface area is 117 Å². The molecule has 0 saturated heterocycles. The number of hydrogen-bond acceptors (Lipinski definition) is 2. The van der Waals surface area contributed by atoms with E-state index in [0.717, 1.165) is 0 Å². The van der Waals surface area contributed by atoms with E-state index in [4.69, 9.17) is 9.84 Å². The minimum absolute atomic E-state index is 0.00215. The van der Waals surface area contributed by atoms with Crippen molar-refractivity contribution in [1.82, 2.24) is 0 Å². The minimum atomic E-state index is -1.11. The first-order chi connectivity index (χ1) is 8.99. The fourth-order valence-electron chi connectivity index (χ4n) is 1.62. The van der Waals surface area contributed by atoms with Gasteiger partial charge >= 0.3 is 5.97 Å². The number of ether oxygens (including phenoxy) is 1. The van der Waals surface area contributed by atoms with Gasteiger partial charge in [0.25, 0.3) is 0 Å². The van der Waals surface area contributed by atoms with Crippen LogP contribution in [-0.4, -0.2) is 11.1 Å². The second kappa shape index (κ2) is 5.40. The van der Waals surface area contributed by atoms with Crippen LogP contribution in [0.1, 0.15) is 15.9 Å². The summed E-state index contributed by atoms with van der Waals surface area (Å²) in [6.07, 6.45) is 0. The zero-order valence-electron chi connectivity index (χ0n) is 9.98. The first kappa shape index (κ1) is 13.5. The zero-order valence-corrected chi connectivity index (χ0v) is 11.6. The van der Waals surface area contributed by atoms with Crippen molar-refractivity contribution < 1.29 is 19.0 Å². The van der Waals surface area contributed by atoms with Crippen molar-refractivity contribution in [2.24, 2.45) is 0 Å². The Kier molecular flexibility index (Phi) is 3.85. The van der Waals surface area contributed by atoms with Crippen molar-refractivity contribution in [2.75, 3.05) is 0 Å². The molecule has 2 rings (SSSR count). The summed E-state index contributed by atoms with van der Waals surface area (Å²) in [6, 6.07) is 9.06. The molecule has 0 unspecified atom stereocenters. The molecule has 0 bridgehead atoms. The van der Waals surface area contributed by atoms with Crippen LogP contribution in [0.4, 0.5) is 4.39 Å².